The number of aliphatic carboxylic acids is 1. The molecule has 1 amide bonds. The molecule has 0 bridgehead atoms. The minimum Gasteiger partial charge on any atom is -0.480 e. The van der Waals surface area contributed by atoms with Gasteiger partial charge in [-0.3, -0.25) is 4.79 Å². The van der Waals surface area contributed by atoms with Crippen LogP contribution in [0.2, 0.25) is 0 Å². The SMILES string of the molecule is O=C(NC(CCN(CCCCc1ccc2c(n1)NCCC2)C1CC1)C(=O)O)c1ccccc1. The molecule has 1 aromatic carbocycles. The lowest BCUT2D eigenvalue weighted by atomic mass is 10.1. The van der Waals surface area contributed by atoms with Crippen LogP contribution in [0.25, 0.3) is 0 Å². The lowest BCUT2D eigenvalue weighted by molar-refractivity contribution is -0.139. The number of aryl methyl sites for hydroxylation is 2. The lowest BCUT2D eigenvalue weighted by Gasteiger charge is -2.24. The first kappa shape index (κ1) is 23.2. The summed E-state index contributed by atoms with van der Waals surface area (Å²) in [6.07, 6.45) is 8.09. The third-order valence-electron chi connectivity index (χ3n) is 6.49. The van der Waals surface area contributed by atoms with E-state index in [-0.39, 0.29) is 5.91 Å². The summed E-state index contributed by atoms with van der Waals surface area (Å²) < 4.78 is 0. The number of rotatable bonds is 12. The van der Waals surface area contributed by atoms with Gasteiger partial charge < -0.3 is 20.6 Å². The summed E-state index contributed by atoms with van der Waals surface area (Å²) in [7, 11) is 0. The zero-order valence-corrected chi connectivity index (χ0v) is 19.1. The molecule has 33 heavy (non-hydrogen) atoms. The molecule has 1 unspecified atom stereocenters. The van der Waals surface area contributed by atoms with Gasteiger partial charge in [-0.1, -0.05) is 24.3 Å². The highest BCUT2D eigenvalue weighted by Crippen LogP contribution is 2.27. The second-order valence-electron chi connectivity index (χ2n) is 9.08. The number of nitrogens with zero attached hydrogens (tertiary/aromatic N) is 2. The first-order chi connectivity index (χ1) is 16.1. The number of carbonyl (C=O) groups is 2. The van der Waals surface area contributed by atoms with Crippen molar-refractivity contribution in [2.75, 3.05) is 25.0 Å². The molecular weight excluding hydrogens is 416 g/mol. The summed E-state index contributed by atoms with van der Waals surface area (Å²) >= 11 is 0. The summed E-state index contributed by atoms with van der Waals surface area (Å²) in [5.74, 6) is -0.272. The normalized spacial score (nSPS) is 16.0. The van der Waals surface area contributed by atoms with Gasteiger partial charge in [0, 0.05) is 30.4 Å². The third-order valence-corrected chi connectivity index (χ3v) is 6.49. The highest BCUT2D eigenvalue weighted by molar-refractivity contribution is 5.96. The van der Waals surface area contributed by atoms with Gasteiger partial charge in [0.2, 0.25) is 0 Å². The molecule has 1 atom stereocenters. The number of anilines is 1. The monoisotopic (exact) mass is 450 g/mol. The maximum atomic E-state index is 12.4. The van der Waals surface area contributed by atoms with Crippen LogP contribution in [0.1, 0.15) is 60.1 Å². The summed E-state index contributed by atoms with van der Waals surface area (Å²) in [5, 5.41) is 15.7. The van der Waals surface area contributed by atoms with Gasteiger partial charge in [0.1, 0.15) is 11.9 Å². The molecule has 176 valence electrons. The number of fused-ring (bicyclic) bond motifs is 1. The van der Waals surface area contributed by atoms with E-state index in [1.54, 1.807) is 24.3 Å². The zero-order valence-electron chi connectivity index (χ0n) is 19.1. The standard InChI is InChI=1S/C26H34N4O3/c31-25(20-7-2-1-3-8-20)29-23(26(32)33)15-18-30(22-13-14-22)17-5-4-10-21-12-11-19-9-6-16-27-24(19)28-21/h1-3,7-8,11-12,22-23H,4-6,9-10,13-18H2,(H,27,28)(H,29,31)(H,32,33). The van der Waals surface area contributed by atoms with Crippen LogP contribution in [0.4, 0.5) is 5.82 Å². The number of pyridine rings is 1. The first-order valence-corrected chi connectivity index (χ1v) is 12.2. The van der Waals surface area contributed by atoms with Gasteiger partial charge in [-0.15, -0.1) is 0 Å². The molecule has 1 saturated carbocycles. The van der Waals surface area contributed by atoms with Crippen LogP contribution in [-0.4, -0.2) is 58.6 Å². The smallest absolute Gasteiger partial charge is 0.326 e. The fraction of sp³-hybridized carbons (Fsp3) is 0.500. The number of hydrogen-bond acceptors (Lipinski definition) is 5. The Balaban J connectivity index is 1.23. The van der Waals surface area contributed by atoms with Crippen LogP contribution >= 0.6 is 0 Å². The molecule has 0 spiro atoms. The Hall–Kier alpha value is -2.93. The number of aromatic nitrogens is 1. The second-order valence-corrected chi connectivity index (χ2v) is 9.08. The molecule has 7 heteroatoms. The van der Waals surface area contributed by atoms with E-state index in [0.717, 1.165) is 50.3 Å². The number of carboxylic acids is 1. The summed E-state index contributed by atoms with van der Waals surface area (Å²) in [4.78, 5) is 31.3. The van der Waals surface area contributed by atoms with Crippen molar-refractivity contribution in [3.8, 4) is 0 Å². The van der Waals surface area contributed by atoms with E-state index in [1.807, 2.05) is 6.07 Å². The number of benzene rings is 1. The van der Waals surface area contributed by atoms with Crippen LogP contribution in [0, 0.1) is 0 Å². The summed E-state index contributed by atoms with van der Waals surface area (Å²) in [6, 6.07) is 12.8. The molecule has 0 radical (unpaired) electrons. The van der Waals surface area contributed by atoms with E-state index in [9.17, 15) is 14.7 Å². The molecule has 1 aliphatic heterocycles. The zero-order chi connectivity index (χ0) is 23.0. The van der Waals surface area contributed by atoms with E-state index in [0.29, 0.717) is 24.6 Å². The van der Waals surface area contributed by atoms with E-state index in [1.165, 1.54) is 24.8 Å². The summed E-state index contributed by atoms with van der Waals surface area (Å²) in [5.41, 5.74) is 2.93. The number of carboxylic acid groups (broad SMARTS) is 1. The molecular formula is C26H34N4O3. The molecule has 2 heterocycles. The van der Waals surface area contributed by atoms with Crippen LogP contribution in [0.5, 0.6) is 0 Å². The Morgan fingerprint density at radius 3 is 2.70 bits per heavy atom. The van der Waals surface area contributed by atoms with E-state index in [4.69, 9.17) is 4.98 Å². The van der Waals surface area contributed by atoms with Crippen molar-refractivity contribution in [1.82, 2.24) is 15.2 Å². The lowest BCUT2D eigenvalue weighted by Crippen LogP contribution is -2.43. The van der Waals surface area contributed by atoms with Gasteiger partial charge in [-0.05, 0) is 81.7 Å². The highest BCUT2D eigenvalue weighted by Gasteiger charge is 2.30. The average molecular weight is 451 g/mol. The second kappa shape index (κ2) is 11.3. The topological polar surface area (TPSA) is 94.6 Å². The molecule has 1 fully saturated rings. The largest absolute Gasteiger partial charge is 0.480 e. The van der Waals surface area contributed by atoms with Crippen molar-refractivity contribution in [3.05, 3.63) is 59.3 Å². The van der Waals surface area contributed by atoms with Crippen LogP contribution in [0.3, 0.4) is 0 Å². The molecule has 3 N–H and O–H groups in total. The summed E-state index contributed by atoms with van der Waals surface area (Å²) in [6.45, 7) is 2.63. The van der Waals surface area contributed by atoms with Crippen molar-refractivity contribution >= 4 is 17.7 Å². The van der Waals surface area contributed by atoms with Crippen molar-refractivity contribution in [3.63, 3.8) is 0 Å². The van der Waals surface area contributed by atoms with E-state index in [2.05, 4.69) is 27.7 Å². The molecule has 2 aromatic rings. The van der Waals surface area contributed by atoms with Gasteiger partial charge in [-0.25, -0.2) is 9.78 Å². The van der Waals surface area contributed by atoms with Gasteiger partial charge in [0.05, 0.1) is 0 Å². The van der Waals surface area contributed by atoms with Gasteiger partial charge in [0.25, 0.3) is 5.91 Å². The fourth-order valence-corrected chi connectivity index (χ4v) is 4.43. The number of unbranched alkanes of at least 4 members (excludes halogenated alkanes) is 1. The van der Waals surface area contributed by atoms with E-state index < -0.39 is 12.0 Å². The van der Waals surface area contributed by atoms with Gasteiger partial charge >= 0.3 is 5.97 Å². The number of hydrogen-bond donors (Lipinski definition) is 3. The Kier molecular flexibility index (Phi) is 7.94. The van der Waals surface area contributed by atoms with Crippen LogP contribution in [0.15, 0.2) is 42.5 Å². The van der Waals surface area contributed by atoms with Crippen molar-refractivity contribution in [2.45, 2.75) is 63.5 Å². The maximum absolute atomic E-state index is 12.4. The maximum Gasteiger partial charge on any atom is 0.326 e. The Bertz CT molecular complexity index is 946. The van der Waals surface area contributed by atoms with Gasteiger partial charge in [0.15, 0.2) is 0 Å². The van der Waals surface area contributed by atoms with Gasteiger partial charge in [-0.2, -0.15) is 0 Å². The fourth-order valence-electron chi connectivity index (χ4n) is 4.43. The predicted octanol–water partition coefficient (Wildman–Crippen LogP) is 3.50. The molecule has 1 aliphatic carbocycles. The highest BCUT2D eigenvalue weighted by atomic mass is 16.4. The van der Waals surface area contributed by atoms with Crippen molar-refractivity contribution < 1.29 is 14.7 Å². The molecule has 1 aromatic heterocycles. The minimum atomic E-state index is -0.984. The molecule has 4 rings (SSSR count). The number of nitrogens with one attached hydrogen (secondary N) is 2. The number of amides is 1. The van der Waals surface area contributed by atoms with Crippen LogP contribution in [-0.2, 0) is 17.6 Å². The van der Waals surface area contributed by atoms with E-state index >= 15 is 0 Å². The first-order valence-electron chi connectivity index (χ1n) is 12.2. The Morgan fingerprint density at radius 1 is 1.12 bits per heavy atom. The molecule has 7 nitrogen and oxygen atoms in total. The minimum absolute atomic E-state index is 0.340. The quantitative estimate of drug-likeness (QED) is 0.429. The number of carbonyl (C=O) groups excluding carboxylic acids is 1. The van der Waals surface area contributed by atoms with Crippen molar-refractivity contribution in [1.29, 1.82) is 0 Å². The predicted molar refractivity (Wildman–Crippen MR) is 129 cm³/mol. The Labute approximate surface area is 195 Å². The third kappa shape index (κ3) is 6.78. The Morgan fingerprint density at radius 2 is 1.94 bits per heavy atom. The van der Waals surface area contributed by atoms with Crippen molar-refractivity contribution in [2.24, 2.45) is 0 Å². The molecule has 0 saturated heterocycles. The molecule has 2 aliphatic rings. The average Bonchev–Trinajstić information content (AvgIpc) is 3.68. The van der Waals surface area contributed by atoms with Crippen LogP contribution < -0.4 is 10.6 Å².